The summed E-state index contributed by atoms with van der Waals surface area (Å²) < 4.78 is 0. The monoisotopic (exact) mass is 264 g/mol. The van der Waals surface area contributed by atoms with Crippen LogP contribution in [0.25, 0.3) is 0 Å². The molecule has 2 N–H and O–H groups in total. The molecule has 0 aliphatic heterocycles. The standard InChI is InChI=1S/C15H24N2O2/c1-13(18)10-12-17(2)15(19)16-11-6-9-14-7-4-3-5-8-14/h3-5,7-8,13,18H,6,9-12H2,1-2H3,(H,16,19). The first kappa shape index (κ1) is 15.5. The van der Waals surface area contributed by atoms with Crippen molar-refractivity contribution in [3.63, 3.8) is 0 Å². The van der Waals surface area contributed by atoms with Crippen LogP contribution in [-0.4, -0.2) is 42.3 Å². The molecule has 0 radical (unpaired) electrons. The van der Waals surface area contributed by atoms with Gasteiger partial charge in [-0.15, -0.1) is 0 Å². The maximum absolute atomic E-state index is 11.7. The first-order valence-corrected chi connectivity index (χ1v) is 6.80. The predicted octanol–water partition coefficient (Wildman–Crippen LogP) is 2.03. The molecule has 4 nitrogen and oxygen atoms in total. The second-order valence-corrected chi connectivity index (χ2v) is 4.88. The van der Waals surface area contributed by atoms with Crippen LogP contribution in [0.5, 0.6) is 0 Å². The van der Waals surface area contributed by atoms with E-state index < -0.39 is 0 Å². The molecule has 0 spiro atoms. The van der Waals surface area contributed by atoms with Crippen LogP contribution in [0.4, 0.5) is 4.79 Å². The number of carbonyl (C=O) groups excluding carboxylic acids is 1. The fourth-order valence-electron chi connectivity index (χ4n) is 1.75. The van der Waals surface area contributed by atoms with Gasteiger partial charge in [0.15, 0.2) is 0 Å². The highest BCUT2D eigenvalue weighted by atomic mass is 16.3. The number of nitrogens with one attached hydrogen (secondary N) is 1. The Kier molecular flexibility index (Phi) is 6.97. The van der Waals surface area contributed by atoms with Crippen molar-refractivity contribution < 1.29 is 9.90 Å². The van der Waals surface area contributed by atoms with Gasteiger partial charge in [-0.2, -0.15) is 0 Å². The van der Waals surface area contributed by atoms with Crippen molar-refractivity contribution in [1.82, 2.24) is 10.2 Å². The molecule has 106 valence electrons. The van der Waals surface area contributed by atoms with E-state index in [0.717, 1.165) is 12.8 Å². The lowest BCUT2D eigenvalue weighted by Crippen LogP contribution is -2.39. The van der Waals surface area contributed by atoms with E-state index in [-0.39, 0.29) is 12.1 Å². The molecule has 0 aliphatic carbocycles. The number of rotatable bonds is 7. The van der Waals surface area contributed by atoms with Crippen LogP contribution < -0.4 is 5.32 Å². The fraction of sp³-hybridized carbons (Fsp3) is 0.533. The Bertz CT molecular complexity index is 366. The molecular formula is C15H24N2O2. The molecule has 19 heavy (non-hydrogen) atoms. The maximum Gasteiger partial charge on any atom is 0.317 e. The molecule has 0 bridgehead atoms. The van der Waals surface area contributed by atoms with Gasteiger partial charge >= 0.3 is 6.03 Å². The van der Waals surface area contributed by atoms with Crippen molar-refractivity contribution in [3.05, 3.63) is 35.9 Å². The number of urea groups is 1. The number of aliphatic hydroxyl groups is 1. The normalized spacial score (nSPS) is 11.9. The van der Waals surface area contributed by atoms with Gasteiger partial charge in [0, 0.05) is 20.1 Å². The molecule has 1 aromatic rings. The molecule has 2 amide bonds. The molecule has 0 saturated heterocycles. The summed E-state index contributed by atoms with van der Waals surface area (Å²) in [5, 5.41) is 12.0. The predicted molar refractivity (Wildman–Crippen MR) is 77.1 cm³/mol. The Labute approximate surface area is 115 Å². The van der Waals surface area contributed by atoms with Crippen LogP contribution in [0, 0.1) is 0 Å². The summed E-state index contributed by atoms with van der Waals surface area (Å²) in [7, 11) is 1.74. The van der Waals surface area contributed by atoms with E-state index in [0.29, 0.717) is 19.5 Å². The van der Waals surface area contributed by atoms with Gasteiger partial charge < -0.3 is 15.3 Å². The average Bonchev–Trinajstić information content (AvgIpc) is 2.41. The number of nitrogens with zero attached hydrogens (tertiary/aromatic N) is 1. The number of aryl methyl sites for hydroxylation is 1. The van der Waals surface area contributed by atoms with Crippen LogP contribution in [0.1, 0.15) is 25.3 Å². The third-order valence-corrected chi connectivity index (χ3v) is 2.99. The minimum Gasteiger partial charge on any atom is -0.393 e. The number of hydrogen-bond acceptors (Lipinski definition) is 2. The fourth-order valence-corrected chi connectivity index (χ4v) is 1.75. The quantitative estimate of drug-likeness (QED) is 0.740. The molecule has 0 saturated carbocycles. The van der Waals surface area contributed by atoms with Crippen LogP contribution in [0.15, 0.2) is 30.3 Å². The summed E-state index contributed by atoms with van der Waals surface area (Å²) in [6.45, 7) is 2.97. The number of hydrogen-bond donors (Lipinski definition) is 2. The maximum atomic E-state index is 11.7. The zero-order chi connectivity index (χ0) is 14.1. The van der Waals surface area contributed by atoms with E-state index in [1.165, 1.54) is 5.56 Å². The van der Waals surface area contributed by atoms with Gasteiger partial charge in [-0.3, -0.25) is 0 Å². The molecule has 1 unspecified atom stereocenters. The number of benzene rings is 1. The summed E-state index contributed by atoms with van der Waals surface area (Å²) in [6.07, 6.45) is 2.14. The van der Waals surface area contributed by atoms with Crippen molar-refractivity contribution in [3.8, 4) is 0 Å². The second-order valence-electron chi connectivity index (χ2n) is 4.88. The van der Waals surface area contributed by atoms with E-state index in [4.69, 9.17) is 5.11 Å². The number of carbonyl (C=O) groups is 1. The van der Waals surface area contributed by atoms with Gasteiger partial charge in [-0.1, -0.05) is 30.3 Å². The first-order chi connectivity index (χ1) is 9.09. The van der Waals surface area contributed by atoms with Gasteiger partial charge in [-0.25, -0.2) is 4.79 Å². The third-order valence-electron chi connectivity index (χ3n) is 2.99. The molecule has 0 heterocycles. The van der Waals surface area contributed by atoms with E-state index in [2.05, 4.69) is 17.4 Å². The Morgan fingerprint density at radius 2 is 2.05 bits per heavy atom. The molecular weight excluding hydrogens is 240 g/mol. The second kappa shape index (κ2) is 8.53. The highest BCUT2D eigenvalue weighted by molar-refractivity contribution is 5.73. The van der Waals surface area contributed by atoms with Gasteiger partial charge in [0.25, 0.3) is 0 Å². The van der Waals surface area contributed by atoms with Crippen molar-refractivity contribution in [2.24, 2.45) is 0 Å². The molecule has 0 aromatic heterocycles. The minimum absolute atomic E-state index is 0.0753. The van der Waals surface area contributed by atoms with E-state index in [1.807, 2.05) is 18.2 Å². The lowest BCUT2D eigenvalue weighted by molar-refractivity contribution is 0.163. The van der Waals surface area contributed by atoms with Crippen molar-refractivity contribution in [2.45, 2.75) is 32.3 Å². The Morgan fingerprint density at radius 1 is 1.37 bits per heavy atom. The lowest BCUT2D eigenvalue weighted by Gasteiger charge is -2.18. The topological polar surface area (TPSA) is 52.6 Å². The summed E-state index contributed by atoms with van der Waals surface area (Å²) in [5.74, 6) is 0. The van der Waals surface area contributed by atoms with E-state index in [1.54, 1.807) is 18.9 Å². The third kappa shape index (κ3) is 6.82. The van der Waals surface area contributed by atoms with Crippen LogP contribution in [0.3, 0.4) is 0 Å². The molecule has 0 aliphatic rings. The van der Waals surface area contributed by atoms with Crippen molar-refractivity contribution >= 4 is 6.03 Å². The van der Waals surface area contributed by atoms with Crippen LogP contribution in [-0.2, 0) is 6.42 Å². The minimum atomic E-state index is -0.367. The molecule has 0 fully saturated rings. The number of aliphatic hydroxyl groups excluding tert-OH is 1. The summed E-state index contributed by atoms with van der Waals surface area (Å²) in [5.41, 5.74) is 1.29. The van der Waals surface area contributed by atoms with E-state index >= 15 is 0 Å². The Hall–Kier alpha value is -1.55. The average molecular weight is 264 g/mol. The Balaban J connectivity index is 2.13. The lowest BCUT2D eigenvalue weighted by atomic mass is 10.1. The van der Waals surface area contributed by atoms with Gasteiger partial charge in [0.1, 0.15) is 0 Å². The molecule has 1 atom stereocenters. The highest BCUT2D eigenvalue weighted by Crippen LogP contribution is 2.01. The number of amides is 2. The van der Waals surface area contributed by atoms with Gasteiger partial charge in [0.2, 0.25) is 0 Å². The molecule has 1 rings (SSSR count). The summed E-state index contributed by atoms with van der Waals surface area (Å²) in [4.78, 5) is 13.3. The van der Waals surface area contributed by atoms with Crippen molar-refractivity contribution in [1.29, 1.82) is 0 Å². The summed E-state index contributed by atoms with van der Waals surface area (Å²) in [6, 6.07) is 10.2. The highest BCUT2D eigenvalue weighted by Gasteiger charge is 2.08. The zero-order valence-electron chi connectivity index (χ0n) is 11.8. The SMILES string of the molecule is CC(O)CCN(C)C(=O)NCCCc1ccccc1. The largest absolute Gasteiger partial charge is 0.393 e. The van der Waals surface area contributed by atoms with E-state index in [9.17, 15) is 4.79 Å². The Morgan fingerprint density at radius 3 is 2.68 bits per heavy atom. The summed E-state index contributed by atoms with van der Waals surface area (Å²) >= 11 is 0. The van der Waals surface area contributed by atoms with Crippen LogP contribution >= 0.6 is 0 Å². The van der Waals surface area contributed by atoms with Crippen LogP contribution in [0.2, 0.25) is 0 Å². The van der Waals surface area contributed by atoms with Crippen molar-refractivity contribution in [2.75, 3.05) is 20.1 Å². The van der Waals surface area contributed by atoms with Gasteiger partial charge in [0.05, 0.1) is 6.10 Å². The van der Waals surface area contributed by atoms with Gasteiger partial charge in [-0.05, 0) is 31.7 Å². The molecule has 4 heteroatoms. The first-order valence-electron chi connectivity index (χ1n) is 6.80. The smallest absolute Gasteiger partial charge is 0.317 e. The zero-order valence-corrected chi connectivity index (χ0v) is 11.8. The molecule has 1 aromatic carbocycles.